The van der Waals surface area contributed by atoms with Gasteiger partial charge in [0, 0.05) is 25.4 Å². The number of nitrogens with two attached hydrogens (primary N) is 1. The third-order valence-electron chi connectivity index (χ3n) is 4.79. The Morgan fingerprint density at radius 1 is 1.57 bits per heavy atom. The van der Waals surface area contributed by atoms with Crippen LogP contribution in [0, 0.1) is 5.92 Å². The molecule has 21 heavy (non-hydrogen) atoms. The molecule has 0 spiro atoms. The Hall–Kier alpha value is -1.36. The van der Waals surface area contributed by atoms with Crippen LogP contribution in [0.15, 0.2) is 12.4 Å². The number of amides is 1. The van der Waals surface area contributed by atoms with Gasteiger partial charge in [0.2, 0.25) is 5.91 Å². The number of hydrogen-bond acceptors (Lipinski definition) is 3. The van der Waals surface area contributed by atoms with Crippen LogP contribution < -0.4 is 11.1 Å². The van der Waals surface area contributed by atoms with Gasteiger partial charge < -0.3 is 15.6 Å². The third-order valence-corrected chi connectivity index (χ3v) is 4.79. The van der Waals surface area contributed by atoms with Crippen LogP contribution in [-0.4, -0.2) is 27.5 Å². The van der Waals surface area contributed by atoms with Crippen LogP contribution in [0.1, 0.15) is 51.8 Å². The molecule has 1 amide bonds. The van der Waals surface area contributed by atoms with Crippen molar-refractivity contribution in [3.8, 4) is 0 Å². The van der Waals surface area contributed by atoms with Crippen molar-refractivity contribution in [3.05, 3.63) is 18.2 Å². The van der Waals surface area contributed by atoms with Gasteiger partial charge in [-0.1, -0.05) is 20.3 Å². The monoisotopic (exact) mass is 292 g/mol. The van der Waals surface area contributed by atoms with Gasteiger partial charge in [-0.15, -0.1) is 0 Å². The number of nitrogens with zero attached hydrogens (tertiary/aromatic N) is 2. The van der Waals surface area contributed by atoms with Crippen molar-refractivity contribution in [2.24, 2.45) is 11.7 Å². The van der Waals surface area contributed by atoms with Crippen LogP contribution in [0.3, 0.4) is 0 Å². The van der Waals surface area contributed by atoms with Gasteiger partial charge in [0.15, 0.2) is 0 Å². The molecule has 0 aromatic carbocycles. The first kappa shape index (κ1) is 16.0. The molecule has 1 aliphatic carbocycles. The van der Waals surface area contributed by atoms with Crippen LogP contribution in [0.2, 0.25) is 0 Å². The first-order valence-electron chi connectivity index (χ1n) is 8.19. The maximum absolute atomic E-state index is 12.1. The normalized spacial score (nSPS) is 25.3. The SMILES string of the molecule is CCCNC1(C(N)=O)CCCC1CCn1ccnc1CC. The molecule has 2 atom stereocenters. The lowest BCUT2D eigenvalue weighted by molar-refractivity contribution is -0.126. The van der Waals surface area contributed by atoms with Crippen LogP contribution in [0.5, 0.6) is 0 Å². The zero-order valence-electron chi connectivity index (χ0n) is 13.3. The van der Waals surface area contributed by atoms with E-state index < -0.39 is 5.54 Å². The minimum absolute atomic E-state index is 0.181. The predicted octanol–water partition coefficient (Wildman–Crippen LogP) is 1.86. The second kappa shape index (κ2) is 7.07. The van der Waals surface area contributed by atoms with Gasteiger partial charge in [0.25, 0.3) is 0 Å². The van der Waals surface area contributed by atoms with Crippen molar-refractivity contribution < 1.29 is 4.79 Å². The van der Waals surface area contributed by atoms with Crippen molar-refractivity contribution in [2.45, 2.75) is 64.5 Å². The van der Waals surface area contributed by atoms with Crippen molar-refractivity contribution in [1.82, 2.24) is 14.9 Å². The average molecular weight is 292 g/mol. The lowest BCUT2D eigenvalue weighted by Crippen LogP contribution is -2.58. The lowest BCUT2D eigenvalue weighted by atomic mass is 9.83. The largest absolute Gasteiger partial charge is 0.368 e. The van der Waals surface area contributed by atoms with E-state index in [1.807, 2.05) is 12.4 Å². The van der Waals surface area contributed by atoms with E-state index in [9.17, 15) is 4.79 Å². The Morgan fingerprint density at radius 2 is 2.38 bits per heavy atom. The Labute approximate surface area is 127 Å². The highest BCUT2D eigenvalue weighted by Gasteiger charge is 2.46. The van der Waals surface area contributed by atoms with E-state index >= 15 is 0 Å². The fourth-order valence-electron chi connectivity index (χ4n) is 3.61. The van der Waals surface area contributed by atoms with Crippen molar-refractivity contribution in [3.63, 3.8) is 0 Å². The van der Waals surface area contributed by atoms with Gasteiger partial charge in [-0.25, -0.2) is 4.98 Å². The van der Waals surface area contributed by atoms with E-state index in [4.69, 9.17) is 5.73 Å². The summed E-state index contributed by atoms with van der Waals surface area (Å²) in [5, 5.41) is 3.45. The molecule has 0 aliphatic heterocycles. The highest BCUT2D eigenvalue weighted by atomic mass is 16.1. The minimum atomic E-state index is -0.497. The summed E-state index contributed by atoms with van der Waals surface area (Å²) in [7, 11) is 0. The molecule has 1 heterocycles. The number of nitrogens with one attached hydrogen (secondary N) is 1. The van der Waals surface area contributed by atoms with E-state index in [2.05, 4.69) is 28.7 Å². The number of carbonyl (C=O) groups is 1. The standard InChI is InChI=1S/C16H28N4O/c1-3-9-19-16(15(17)21)8-5-6-13(16)7-11-20-12-10-18-14(20)4-2/h10,12-13,19H,3-9,11H2,1-2H3,(H2,17,21). The number of imidazole rings is 1. The smallest absolute Gasteiger partial charge is 0.238 e. The maximum Gasteiger partial charge on any atom is 0.238 e. The van der Waals surface area contributed by atoms with Crippen molar-refractivity contribution >= 4 is 5.91 Å². The number of primary amides is 1. The molecule has 1 fully saturated rings. The molecular weight excluding hydrogens is 264 g/mol. The van der Waals surface area contributed by atoms with E-state index in [1.54, 1.807) is 0 Å². The Morgan fingerprint density at radius 3 is 3.05 bits per heavy atom. The van der Waals surface area contributed by atoms with Crippen LogP contribution in [0.4, 0.5) is 0 Å². The van der Waals surface area contributed by atoms with Gasteiger partial charge in [0.05, 0.1) is 0 Å². The maximum atomic E-state index is 12.1. The first-order valence-corrected chi connectivity index (χ1v) is 8.19. The molecule has 1 aromatic heterocycles. The summed E-state index contributed by atoms with van der Waals surface area (Å²) in [5.41, 5.74) is 5.25. The summed E-state index contributed by atoms with van der Waals surface area (Å²) in [5.74, 6) is 1.26. The predicted molar refractivity (Wildman–Crippen MR) is 83.8 cm³/mol. The molecule has 0 bridgehead atoms. The van der Waals surface area contributed by atoms with Crippen molar-refractivity contribution in [1.29, 1.82) is 0 Å². The molecule has 2 unspecified atom stereocenters. The number of carbonyl (C=O) groups excluding carboxylic acids is 1. The third kappa shape index (κ3) is 3.28. The summed E-state index contributed by atoms with van der Waals surface area (Å²) in [6.07, 6.45) is 9.84. The number of aromatic nitrogens is 2. The topological polar surface area (TPSA) is 72.9 Å². The summed E-state index contributed by atoms with van der Waals surface area (Å²) in [6.45, 7) is 6.00. The number of aryl methyl sites for hydroxylation is 2. The highest BCUT2D eigenvalue weighted by molar-refractivity contribution is 5.85. The summed E-state index contributed by atoms with van der Waals surface area (Å²) in [6, 6.07) is 0. The average Bonchev–Trinajstić information content (AvgIpc) is 3.09. The van der Waals surface area contributed by atoms with E-state index in [1.165, 1.54) is 0 Å². The van der Waals surface area contributed by atoms with Crippen LogP contribution in [0.25, 0.3) is 0 Å². The van der Waals surface area contributed by atoms with E-state index in [-0.39, 0.29) is 5.91 Å². The summed E-state index contributed by atoms with van der Waals surface area (Å²) >= 11 is 0. The summed E-state index contributed by atoms with van der Waals surface area (Å²) in [4.78, 5) is 16.4. The fourth-order valence-corrected chi connectivity index (χ4v) is 3.61. The Bertz CT molecular complexity index is 471. The molecule has 1 aliphatic rings. The summed E-state index contributed by atoms with van der Waals surface area (Å²) < 4.78 is 2.20. The molecular formula is C16H28N4O. The molecule has 1 aromatic rings. The van der Waals surface area contributed by atoms with Gasteiger partial charge in [-0.2, -0.15) is 0 Å². The van der Waals surface area contributed by atoms with Crippen molar-refractivity contribution in [2.75, 3.05) is 6.54 Å². The zero-order valence-corrected chi connectivity index (χ0v) is 13.3. The molecule has 1 saturated carbocycles. The second-order valence-electron chi connectivity index (χ2n) is 6.03. The van der Waals surface area contributed by atoms with Gasteiger partial charge in [-0.05, 0) is 38.1 Å². The quantitative estimate of drug-likeness (QED) is 0.768. The zero-order chi connectivity index (χ0) is 15.3. The lowest BCUT2D eigenvalue weighted by Gasteiger charge is -2.34. The van der Waals surface area contributed by atoms with Crippen LogP contribution in [-0.2, 0) is 17.8 Å². The molecule has 3 N–H and O–H groups in total. The Balaban J connectivity index is 2.04. The van der Waals surface area contributed by atoms with Gasteiger partial charge in [0.1, 0.15) is 11.4 Å². The van der Waals surface area contributed by atoms with Gasteiger partial charge in [-0.3, -0.25) is 4.79 Å². The Kier molecular flexibility index (Phi) is 5.39. The number of hydrogen-bond donors (Lipinski definition) is 2. The minimum Gasteiger partial charge on any atom is -0.368 e. The molecule has 118 valence electrons. The molecule has 0 saturated heterocycles. The van der Waals surface area contributed by atoms with E-state index in [0.717, 1.165) is 57.4 Å². The molecule has 0 radical (unpaired) electrons. The number of rotatable bonds is 8. The van der Waals surface area contributed by atoms with Gasteiger partial charge >= 0.3 is 0 Å². The fraction of sp³-hybridized carbons (Fsp3) is 0.750. The first-order chi connectivity index (χ1) is 10.1. The highest BCUT2D eigenvalue weighted by Crippen LogP contribution is 2.38. The molecule has 5 heteroatoms. The molecule has 5 nitrogen and oxygen atoms in total. The van der Waals surface area contributed by atoms with Crippen LogP contribution >= 0.6 is 0 Å². The van der Waals surface area contributed by atoms with E-state index in [0.29, 0.717) is 5.92 Å². The molecule has 2 rings (SSSR count). The second-order valence-corrected chi connectivity index (χ2v) is 6.03.